The summed E-state index contributed by atoms with van der Waals surface area (Å²) in [5, 5.41) is 2.86. The van der Waals surface area contributed by atoms with Crippen molar-refractivity contribution in [3.05, 3.63) is 65.7 Å². The third kappa shape index (κ3) is 4.95. The number of nitrogens with one attached hydrogen (secondary N) is 1. The van der Waals surface area contributed by atoms with Gasteiger partial charge in [0.15, 0.2) is 0 Å². The van der Waals surface area contributed by atoms with Gasteiger partial charge < -0.3 is 10.1 Å². The van der Waals surface area contributed by atoms with Crippen molar-refractivity contribution >= 4 is 11.7 Å². The second-order valence-electron chi connectivity index (χ2n) is 5.40. The Hall–Kier alpha value is -2.62. The first-order valence-electron chi connectivity index (χ1n) is 7.55. The lowest BCUT2D eigenvalue weighted by atomic mass is 9.92. The minimum Gasteiger partial charge on any atom is -0.497 e. The van der Waals surface area contributed by atoms with E-state index in [9.17, 15) is 9.59 Å². The summed E-state index contributed by atoms with van der Waals surface area (Å²) in [7, 11) is 1.59. The molecule has 0 radical (unpaired) electrons. The van der Waals surface area contributed by atoms with Crippen molar-refractivity contribution in [3.8, 4) is 5.75 Å². The average Bonchev–Trinajstić information content (AvgIpc) is 2.58. The lowest BCUT2D eigenvalue weighted by Crippen LogP contribution is -2.26. The lowest BCUT2D eigenvalue weighted by molar-refractivity contribution is -0.125. The van der Waals surface area contributed by atoms with Crippen LogP contribution in [0.3, 0.4) is 0 Å². The number of Topliss-reactive ketones (excluding diaryl/α,β-unsaturated/α-hetero) is 1. The van der Waals surface area contributed by atoms with E-state index in [2.05, 4.69) is 5.32 Å². The first-order valence-corrected chi connectivity index (χ1v) is 7.55. The summed E-state index contributed by atoms with van der Waals surface area (Å²) < 4.78 is 5.11. The topological polar surface area (TPSA) is 55.4 Å². The highest BCUT2D eigenvalue weighted by molar-refractivity contribution is 5.89. The molecule has 120 valence electrons. The Morgan fingerprint density at radius 1 is 1.04 bits per heavy atom. The highest BCUT2D eigenvalue weighted by Gasteiger charge is 2.20. The van der Waals surface area contributed by atoms with E-state index in [0.717, 1.165) is 16.9 Å². The van der Waals surface area contributed by atoms with E-state index in [0.29, 0.717) is 6.54 Å². The number of carbonyl (C=O) groups is 2. The van der Waals surface area contributed by atoms with Crippen LogP contribution in [0.15, 0.2) is 54.6 Å². The van der Waals surface area contributed by atoms with Gasteiger partial charge in [-0.15, -0.1) is 0 Å². The summed E-state index contributed by atoms with van der Waals surface area (Å²) in [6.07, 6.45) is 0.147. The predicted molar refractivity (Wildman–Crippen MR) is 89.3 cm³/mol. The van der Waals surface area contributed by atoms with Gasteiger partial charge >= 0.3 is 0 Å². The number of ketones is 1. The molecule has 0 aliphatic rings. The molecule has 0 aliphatic carbocycles. The summed E-state index contributed by atoms with van der Waals surface area (Å²) in [6.45, 7) is 1.98. The maximum absolute atomic E-state index is 12.1. The minimum atomic E-state index is -0.434. The Balaban J connectivity index is 1.98. The van der Waals surface area contributed by atoms with E-state index in [1.165, 1.54) is 6.92 Å². The Morgan fingerprint density at radius 2 is 1.70 bits per heavy atom. The van der Waals surface area contributed by atoms with Gasteiger partial charge in [-0.1, -0.05) is 42.5 Å². The molecule has 2 rings (SSSR count). The maximum atomic E-state index is 12.1. The number of hydrogen-bond acceptors (Lipinski definition) is 3. The Morgan fingerprint density at radius 3 is 2.26 bits per heavy atom. The van der Waals surface area contributed by atoms with Gasteiger partial charge in [0.05, 0.1) is 13.0 Å². The quantitative estimate of drug-likeness (QED) is 0.855. The smallest absolute Gasteiger partial charge is 0.221 e. The van der Waals surface area contributed by atoms with Crippen LogP contribution in [0.5, 0.6) is 5.75 Å². The highest BCUT2D eigenvalue weighted by Crippen LogP contribution is 2.23. The summed E-state index contributed by atoms with van der Waals surface area (Å²) in [5.74, 6) is 0.135. The van der Waals surface area contributed by atoms with Crippen molar-refractivity contribution in [2.24, 2.45) is 0 Å². The van der Waals surface area contributed by atoms with E-state index in [4.69, 9.17) is 4.74 Å². The molecule has 2 aromatic carbocycles. The minimum absolute atomic E-state index is 0.0231. The zero-order chi connectivity index (χ0) is 16.7. The molecule has 0 saturated heterocycles. The average molecular weight is 311 g/mol. The molecule has 0 heterocycles. The molecule has 4 nitrogen and oxygen atoms in total. The van der Waals surface area contributed by atoms with Gasteiger partial charge in [0.1, 0.15) is 11.5 Å². The molecule has 0 spiro atoms. The van der Waals surface area contributed by atoms with Crippen LogP contribution in [0.1, 0.15) is 30.4 Å². The van der Waals surface area contributed by atoms with Crippen LogP contribution in [-0.2, 0) is 16.1 Å². The Bertz CT molecular complexity index is 650. The van der Waals surface area contributed by atoms with Crippen molar-refractivity contribution < 1.29 is 14.3 Å². The molecule has 1 unspecified atom stereocenters. The van der Waals surface area contributed by atoms with Gasteiger partial charge in [-0.05, 0) is 30.2 Å². The van der Waals surface area contributed by atoms with Gasteiger partial charge in [-0.2, -0.15) is 0 Å². The van der Waals surface area contributed by atoms with Crippen molar-refractivity contribution in [2.75, 3.05) is 7.11 Å². The summed E-state index contributed by atoms with van der Waals surface area (Å²) in [5.41, 5.74) is 1.86. The van der Waals surface area contributed by atoms with Gasteiger partial charge in [0.25, 0.3) is 0 Å². The van der Waals surface area contributed by atoms with Gasteiger partial charge in [0.2, 0.25) is 5.91 Å². The normalized spacial score (nSPS) is 11.6. The fraction of sp³-hybridized carbons (Fsp3) is 0.263. The molecular formula is C19H21NO3. The largest absolute Gasteiger partial charge is 0.497 e. The maximum Gasteiger partial charge on any atom is 0.221 e. The standard InChI is InChI=1S/C19H21NO3/c1-14(21)18(16-8-10-17(23-2)11-9-16)12-19(22)20-13-15-6-4-3-5-7-15/h3-11,18H,12-13H2,1-2H3,(H,20,22). The fourth-order valence-electron chi connectivity index (χ4n) is 2.39. The van der Waals surface area contributed by atoms with E-state index >= 15 is 0 Å². The van der Waals surface area contributed by atoms with E-state index < -0.39 is 5.92 Å². The molecule has 2 aromatic rings. The molecule has 1 amide bonds. The second kappa shape index (κ2) is 8.13. The molecular weight excluding hydrogens is 290 g/mol. The number of hydrogen-bond donors (Lipinski definition) is 1. The summed E-state index contributed by atoms with van der Waals surface area (Å²) in [4.78, 5) is 24.0. The number of amides is 1. The summed E-state index contributed by atoms with van der Waals surface area (Å²) >= 11 is 0. The van der Waals surface area contributed by atoms with E-state index in [-0.39, 0.29) is 18.1 Å². The number of ether oxygens (including phenoxy) is 1. The van der Waals surface area contributed by atoms with Crippen molar-refractivity contribution in [1.29, 1.82) is 0 Å². The number of rotatable bonds is 7. The van der Waals surface area contributed by atoms with Crippen LogP contribution in [0.25, 0.3) is 0 Å². The van der Waals surface area contributed by atoms with Crippen LogP contribution in [0.2, 0.25) is 0 Å². The zero-order valence-corrected chi connectivity index (χ0v) is 13.4. The Labute approximate surface area is 136 Å². The van der Waals surface area contributed by atoms with E-state index in [1.807, 2.05) is 42.5 Å². The van der Waals surface area contributed by atoms with Crippen molar-refractivity contribution in [2.45, 2.75) is 25.8 Å². The SMILES string of the molecule is COc1ccc(C(CC(=O)NCc2ccccc2)C(C)=O)cc1. The van der Waals surface area contributed by atoms with Crippen molar-refractivity contribution in [3.63, 3.8) is 0 Å². The first kappa shape index (κ1) is 16.7. The first-order chi connectivity index (χ1) is 11.1. The molecule has 1 N–H and O–H groups in total. The third-order valence-electron chi connectivity index (χ3n) is 3.73. The van der Waals surface area contributed by atoms with Crippen LogP contribution >= 0.6 is 0 Å². The zero-order valence-electron chi connectivity index (χ0n) is 13.4. The predicted octanol–water partition coefficient (Wildman–Crippen LogP) is 3.07. The molecule has 1 atom stereocenters. The fourth-order valence-corrected chi connectivity index (χ4v) is 2.39. The molecule has 0 fully saturated rings. The number of methoxy groups -OCH3 is 1. The molecule has 0 aromatic heterocycles. The summed E-state index contributed by atoms with van der Waals surface area (Å²) in [6, 6.07) is 16.9. The lowest BCUT2D eigenvalue weighted by Gasteiger charge is -2.15. The van der Waals surface area contributed by atoms with Gasteiger partial charge in [0, 0.05) is 13.0 Å². The number of carbonyl (C=O) groups excluding carboxylic acids is 2. The van der Waals surface area contributed by atoms with Gasteiger partial charge in [-0.3, -0.25) is 9.59 Å². The van der Waals surface area contributed by atoms with Crippen molar-refractivity contribution in [1.82, 2.24) is 5.32 Å². The van der Waals surface area contributed by atoms with Crippen LogP contribution in [-0.4, -0.2) is 18.8 Å². The second-order valence-corrected chi connectivity index (χ2v) is 5.40. The van der Waals surface area contributed by atoms with Crippen LogP contribution < -0.4 is 10.1 Å². The molecule has 0 bridgehead atoms. The van der Waals surface area contributed by atoms with Crippen LogP contribution in [0.4, 0.5) is 0 Å². The molecule has 23 heavy (non-hydrogen) atoms. The Kier molecular flexibility index (Phi) is 5.92. The van der Waals surface area contributed by atoms with Crippen LogP contribution in [0, 0.1) is 0 Å². The molecule has 4 heteroatoms. The van der Waals surface area contributed by atoms with E-state index in [1.54, 1.807) is 19.2 Å². The molecule has 0 aliphatic heterocycles. The number of benzene rings is 2. The van der Waals surface area contributed by atoms with Gasteiger partial charge in [-0.25, -0.2) is 0 Å². The highest BCUT2D eigenvalue weighted by atomic mass is 16.5. The third-order valence-corrected chi connectivity index (χ3v) is 3.73. The monoisotopic (exact) mass is 311 g/mol. The molecule has 0 saturated carbocycles.